The van der Waals surface area contributed by atoms with Gasteiger partial charge in [-0.3, -0.25) is 0 Å². The molecule has 3 aromatic rings. The summed E-state index contributed by atoms with van der Waals surface area (Å²) in [5.41, 5.74) is 0.635. The first kappa shape index (κ1) is 14.4. The number of sulfone groups is 1. The number of thiophene rings is 1. The number of aryl methyl sites for hydroxylation is 1. The maximum absolute atomic E-state index is 11.7. The predicted molar refractivity (Wildman–Crippen MR) is 87.7 cm³/mol. The lowest BCUT2D eigenvalue weighted by atomic mass is 10.3. The Labute approximate surface area is 137 Å². The van der Waals surface area contributed by atoms with Gasteiger partial charge in [-0.15, -0.1) is 11.3 Å². The molecule has 8 heteroatoms. The highest BCUT2D eigenvalue weighted by atomic mass is 32.2. The zero-order valence-corrected chi connectivity index (χ0v) is 13.8. The first-order valence-electron chi connectivity index (χ1n) is 6.99. The van der Waals surface area contributed by atoms with E-state index >= 15 is 0 Å². The van der Waals surface area contributed by atoms with Gasteiger partial charge in [-0.2, -0.15) is 0 Å². The van der Waals surface area contributed by atoms with E-state index in [4.69, 9.17) is 4.42 Å². The van der Waals surface area contributed by atoms with Gasteiger partial charge in [0.2, 0.25) is 5.89 Å². The van der Waals surface area contributed by atoms with Crippen LogP contribution in [0.1, 0.15) is 11.8 Å². The summed E-state index contributed by atoms with van der Waals surface area (Å²) in [6, 6.07) is 3.62. The van der Waals surface area contributed by atoms with Crippen LogP contribution in [-0.2, 0) is 9.84 Å². The largest absolute Gasteiger partial charge is 0.440 e. The summed E-state index contributed by atoms with van der Waals surface area (Å²) in [6.45, 7) is 1.83. The van der Waals surface area contributed by atoms with Crippen molar-refractivity contribution in [3.63, 3.8) is 0 Å². The third kappa shape index (κ3) is 2.53. The summed E-state index contributed by atoms with van der Waals surface area (Å²) in [5, 5.41) is 3.22. The topological polar surface area (TPSA) is 78.0 Å². The molecule has 0 radical (unpaired) electrons. The molecule has 0 saturated carbocycles. The van der Waals surface area contributed by atoms with Crippen molar-refractivity contribution in [2.75, 3.05) is 5.75 Å². The molecule has 0 aliphatic carbocycles. The highest BCUT2D eigenvalue weighted by molar-refractivity contribution is 7.94. The zero-order valence-electron chi connectivity index (χ0n) is 12.2. The fraction of sp³-hybridized carbons (Fsp3) is 0.200. The SMILES string of the molecule is Cc1oc(-c2cccs2)nc1-c1nccn1[C@H]1C=CS(=O)(=O)C1. The van der Waals surface area contributed by atoms with Crippen LogP contribution in [0.15, 0.2) is 45.8 Å². The molecule has 1 aliphatic rings. The Morgan fingerprint density at radius 3 is 3.00 bits per heavy atom. The maximum Gasteiger partial charge on any atom is 0.237 e. The molecule has 23 heavy (non-hydrogen) atoms. The number of allylic oxidation sites excluding steroid dienone is 1. The van der Waals surface area contributed by atoms with Crippen LogP contribution in [0.2, 0.25) is 0 Å². The van der Waals surface area contributed by atoms with Crippen molar-refractivity contribution in [1.29, 1.82) is 0 Å². The van der Waals surface area contributed by atoms with Crippen molar-refractivity contribution in [3.8, 4) is 22.3 Å². The number of rotatable bonds is 3. The average molecular weight is 347 g/mol. The van der Waals surface area contributed by atoms with Gasteiger partial charge in [0, 0.05) is 17.8 Å². The van der Waals surface area contributed by atoms with Crippen molar-refractivity contribution < 1.29 is 12.8 Å². The smallest absolute Gasteiger partial charge is 0.237 e. The summed E-state index contributed by atoms with van der Waals surface area (Å²) >= 11 is 1.55. The van der Waals surface area contributed by atoms with Gasteiger partial charge in [0.05, 0.1) is 16.7 Å². The van der Waals surface area contributed by atoms with Gasteiger partial charge in [0.25, 0.3) is 0 Å². The number of aromatic nitrogens is 3. The lowest BCUT2D eigenvalue weighted by molar-refractivity contribution is 0.544. The molecule has 1 aliphatic heterocycles. The van der Waals surface area contributed by atoms with Crippen molar-refractivity contribution in [2.45, 2.75) is 13.0 Å². The first-order valence-corrected chi connectivity index (χ1v) is 9.58. The van der Waals surface area contributed by atoms with Crippen LogP contribution in [0, 0.1) is 6.92 Å². The van der Waals surface area contributed by atoms with Crippen LogP contribution in [-0.4, -0.2) is 28.7 Å². The molecular formula is C15H13N3O3S2. The molecule has 0 fully saturated rings. The Kier molecular flexibility index (Phi) is 3.24. The molecule has 1 atom stereocenters. The average Bonchev–Trinajstić information content (AvgIpc) is 3.23. The van der Waals surface area contributed by atoms with Gasteiger partial charge in [-0.1, -0.05) is 6.07 Å². The van der Waals surface area contributed by atoms with Crippen LogP contribution in [0.5, 0.6) is 0 Å². The Hall–Kier alpha value is -2.19. The summed E-state index contributed by atoms with van der Waals surface area (Å²) in [5.74, 6) is 1.87. The van der Waals surface area contributed by atoms with E-state index in [1.54, 1.807) is 29.8 Å². The minimum absolute atomic E-state index is 0.0467. The minimum Gasteiger partial charge on any atom is -0.440 e. The van der Waals surface area contributed by atoms with Gasteiger partial charge in [-0.05, 0) is 24.4 Å². The number of nitrogens with zero attached hydrogens (tertiary/aromatic N) is 3. The third-order valence-electron chi connectivity index (χ3n) is 3.68. The molecule has 0 spiro atoms. The van der Waals surface area contributed by atoms with E-state index in [-0.39, 0.29) is 11.8 Å². The zero-order chi connectivity index (χ0) is 16.0. The summed E-state index contributed by atoms with van der Waals surface area (Å²) in [7, 11) is -3.13. The van der Waals surface area contributed by atoms with E-state index in [0.29, 0.717) is 23.2 Å². The van der Waals surface area contributed by atoms with Crippen LogP contribution >= 0.6 is 11.3 Å². The quantitative estimate of drug-likeness (QED) is 0.727. The van der Waals surface area contributed by atoms with E-state index in [9.17, 15) is 8.42 Å². The second kappa shape index (κ2) is 5.17. The maximum atomic E-state index is 11.7. The standard InChI is InChI=1S/C15H13N3O3S2/c1-10-13(17-15(21-10)12-3-2-7-22-12)14-16-5-6-18(14)11-4-8-23(19,20)9-11/h2-8,11H,9H2,1H3/t11-/m0/s1. The van der Waals surface area contributed by atoms with E-state index in [0.717, 1.165) is 4.88 Å². The van der Waals surface area contributed by atoms with Crippen molar-refractivity contribution >= 4 is 21.2 Å². The molecule has 4 heterocycles. The lowest BCUT2D eigenvalue weighted by Gasteiger charge is -2.11. The second-order valence-electron chi connectivity index (χ2n) is 5.28. The van der Waals surface area contributed by atoms with Crippen molar-refractivity contribution in [3.05, 3.63) is 47.2 Å². The molecule has 4 rings (SSSR count). The van der Waals surface area contributed by atoms with Crippen LogP contribution in [0.3, 0.4) is 0 Å². The third-order valence-corrected chi connectivity index (χ3v) is 5.91. The van der Waals surface area contributed by atoms with Gasteiger partial charge in [0.1, 0.15) is 11.5 Å². The fourth-order valence-electron chi connectivity index (χ4n) is 2.61. The molecule has 0 amide bonds. The molecule has 0 saturated heterocycles. The van der Waals surface area contributed by atoms with Gasteiger partial charge < -0.3 is 8.98 Å². The number of hydrogen-bond acceptors (Lipinski definition) is 6. The highest BCUT2D eigenvalue weighted by Gasteiger charge is 2.27. The molecule has 0 N–H and O–H groups in total. The van der Waals surface area contributed by atoms with E-state index in [1.165, 1.54) is 5.41 Å². The second-order valence-corrected chi connectivity index (χ2v) is 8.16. The molecular weight excluding hydrogens is 334 g/mol. The fourth-order valence-corrected chi connectivity index (χ4v) is 4.53. The lowest BCUT2D eigenvalue weighted by Crippen LogP contribution is -2.12. The van der Waals surface area contributed by atoms with Gasteiger partial charge >= 0.3 is 0 Å². The molecule has 0 bridgehead atoms. The van der Waals surface area contributed by atoms with Crippen molar-refractivity contribution in [1.82, 2.24) is 14.5 Å². The highest BCUT2D eigenvalue weighted by Crippen LogP contribution is 2.32. The predicted octanol–water partition coefficient (Wildman–Crippen LogP) is 3.06. The summed E-state index contributed by atoms with van der Waals surface area (Å²) < 4.78 is 30.9. The monoisotopic (exact) mass is 347 g/mol. The normalized spacial score (nSPS) is 19.4. The summed E-state index contributed by atoms with van der Waals surface area (Å²) in [6.07, 6.45) is 5.09. The van der Waals surface area contributed by atoms with E-state index in [1.807, 2.05) is 29.0 Å². The Morgan fingerprint density at radius 2 is 2.30 bits per heavy atom. The molecule has 6 nitrogen and oxygen atoms in total. The Balaban J connectivity index is 1.76. The first-order chi connectivity index (χ1) is 11.0. The van der Waals surface area contributed by atoms with E-state index < -0.39 is 9.84 Å². The Bertz CT molecular complexity index is 981. The molecule has 0 aromatic carbocycles. The molecule has 3 aromatic heterocycles. The summed E-state index contributed by atoms with van der Waals surface area (Å²) in [4.78, 5) is 9.84. The van der Waals surface area contributed by atoms with Gasteiger partial charge in [0.15, 0.2) is 15.7 Å². The van der Waals surface area contributed by atoms with E-state index in [2.05, 4.69) is 9.97 Å². The number of oxazole rings is 1. The molecule has 118 valence electrons. The van der Waals surface area contributed by atoms with Gasteiger partial charge in [-0.25, -0.2) is 18.4 Å². The number of imidazole rings is 1. The Morgan fingerprint density at radius 1 is 1.43 bits per heavy atom. The minimum atomic E-state index is -3.13. The van der Waals surface area contributed by atoms with Crippen LogP contribution < -0.4 is 0 Å². The molecule has 0 unspecified atom stereocenters. The number of hydrogen-bond donors (Lipinski definition) is 0. The van der Waals surface area contributed by atoms with Crippen LogP contribution in [0.4, 0.5) is 0 Å². The van der Waals surface area contributed by atoms with Crippen LogP contribution in [0.25, 0.3) is 22.3 Å². The van der Waals surface area contributed by atoms with Crippen molar-refractivity contribution in [2.24, 2.45) is 0 Å².